The summed E-state index contributed by atoms with van der Waals surface area (Å²) in [5.74, 6) is 0.255. The number of ether oxygens (including phenoxy) is 1. The molecule has 0 aliphatic rings. The van der Waals surface area contributed by atoms with Gasteiger partial charge in [-0.25, -0.2) is 4.79 Å². The number of rotatable bonds is 5. The van der Waals surface area contributed by atoms with E-state index in [1.807, 2.05) is 38.1 Å². The van der Waals surface area contributed by atoms with Gasteiger partial charge in [-0.05, 0) is 43.2 Å². The maximum Gasteiger partial charge on any atom is 0.336 e. The van der Waals surface area contributed by atoms with Gasteiger partial charge in [-0.3, -0.25) is 4.79 Å². The topological polar surface area (TPSA) is 68.5 Å². The van der Waals surface area contributed by atoms with E-state index < -0.39 is 5.63 Å². The van der Waals surface area contributed by atoms with E-state index in [1.165, 1.54) is 6.07 Å². The molecule has 0 saturated heterocycles. The summed E-state index contributed by atoms with van der Waals surface area (Å²) in [5.41, 5.74) is 2.21. The Morgan fingerprint density at radius 3 is 2.72 bits per heavy atom. The average Bonchev–Trinajstić information content (AvgIpc) is 2.59. The first kappa shape index (κ1) is 16.8. The largest absolute Gasteiger partial charge is 0.484 e. The molecule has 128 valence electrons. The standard InChI is InChI=1S/C20H19NO4/c1-13-5-3-4-6-17(13)14(2)21-19(22)12-24-16-9-7-15-8-10-20(23)25-18(15)11-16/h3-11,14H,12H2,1-2H3,(H,21,22). The molecule has 25 heavy (non-hydrogen) atoms. The van der Waals surface area contributed by atoms with Crippen LogP contribution in [-0.2, 0) is 4.79 Å². The fraction of sp³-hybridized carbons (Fsp3) is 0.200. The number of amides is 1. The highest BCUT2D eigenvalue weighted by Gasteiger charge is 2.12. The van der Waals surface area contributed by atoms with E-state index >= 15 is 0 Å². The van der Waals surface area contributed by atoms with E-state index in [0.717, 1.165) is 16.5 Å². The minimum absolute atomic E-state index is 0.105. The van der Waals surface area contributed by atoms with Crippen molar-refractivity contribution in [1.82, 2.24) is 5.32 Å². The van der Waals surface area contributed by atoms with Crippen molar-refractivity contribution in [2.24, 2.45) is 0 Å². The van der Waals surface area contributed by atoms with Crippen LogP contribution >= 0.6 is 0 Å². The second-order valence-corrected chi connectivity index (χ2v) is 5.89. The Bertz CT molecular complexity index is 961. The molecule has 3 aromatic rings. The van der Waals surface area contributed by atoms with Crippen molar-refractivity contribution >= 4 is 16.9 Å². The number of carbonyl (C=O) groups excluding carboxylic acids is 1. The molecule has 1 aromatic heterocycles. The van der Waals surface area contributed by atoms with Gasteiger partial charge in [0.2, 0.25) is 0 Å². The van der Waals surface area contributed by atoms with Gasteiger partial charge in [0.05, 0.1) is 6.04 Å². The minimum atomic E-state index is -0.422. The van der Waals surface area contributed by atoms with Crippen molar-refractivity contribution < 1.29 is 13.9 Å². The van der Waals surface area contributed by atoms with Crippen molar-refractivity contribution in [2.45, 2.75) is 19.9 Å². The van der Waals surface area contributed by atoms with Crippen molar-refractivity contribution in [1.29, 1.82) is 0 Å². The van der Waals surface area contributed by atoms with E-state index in [1.54, 1.807) is 24.3 Å². The summed E-state index contributed by atoms with van der Waals surface area (Å²) < 4.78 is 10.6. The maximum absolute atomic E-state index is 12.1. The van der Waals surface area contributed by atoms with Gasteiger partial charge >= 0.3 is 5.63 Å². The highest BCUT2D eigenvalue weighted by Crippen LogP contribution is 2.20. The predicted octanol–water partition coefficient (Wildman–Crippen LogP) is 3.36. The van der Waals surface area contributed by atoms with Gasteiger partial charge in [0, 0.05) is 17.5 Å². The van der Waals surface area contributed by atoms with Crippen LogP contribution in [0, 0.1) is 6.92 Å². The Hall–Kier alpha value is -3.08. The molecule has 2 aromatic carbocycles. The van der Waals surface area contributed by atoms with E-state index in [9.17, 15) is 9.59 Å². The second-order valence-electron chi connectivity index (χ2n) is 5.89. The van der Waals surface area contributed by atoms with E-state index in [-0.39, 0.29) is 18.6 Å². The van der Waals surface area contributed by atoms with Crippen LogP contribution in [0.2, 0.25) is 0 Å². The summed E-state index contributed by atoms with van der Waals surface area (Å²) in [5, 5.41) is 3.71. The zero-order chi connectivity index (χ0) is 17.8. The number of hydrogen-bond acceptors (Lipinski definition) is 4. The quantitative estimate of drug-likeness (QED) is 0.725. The molecule has 0 aliphatic heterocycles. The van der Waals surface area contributed by atoms with Gasteiger partial charge in [0.25, 0.3) is 5.91 Å². The smallest absolute Gasteiger partial charge is 0.336 e. The Labute approximate surface area is 145 Å². The summed E-state index contributed by atoms with van der Waals surface area (Å²) in [7, 11) is 0. The molecule has 1 atom stereocenters. The van der Waals surface area contributed by atoms with Crippen LogP contribution in [0.25, 0.3) is 11.0 Å². The molecule has 0 fully saturated rings. The molecule has 1 unspecified atom stereocenters. The van der Waals surface area contributed by atoms with Crippen LogP contribution in [0.5, 0.6) is 5.75 Å². The number of benzene rings is 2. The number of nitrogens with one attached hydrogen (secondary N) is 1. The molecule has 0 radical (unpaired) electrons. The van der Waals surface area contributed by atoms with Crippen LogP contribution in [0.4, 0.5) is 0 Å². The first-order valence-electron chi connectivity index (χ1n) is 8.04. The average molecular weight is 337 g/mol. The molecule has 0 saturated carbocycles. The van der Waals surface area contributed by atoms with Gasteiger partial charge in [0.1, 0.15) is 11.3 Å². The predicted molar refractivity (Wildman–Crippen MR) is 95.7 cm³/mol. The molecular formula is C20H19NO4. The lowest BCUT2D eigenvalue weighted by Crippen LogP contribution is -2.31. The van der Waals surface area contributed by atoms with Crippen LogP contribution < -0.4 is 15.7 Å². The summed E-state index contributed by atoms with van der Waals surface area (Å²) in [6, 6.07) is 16.0. The maximum atomic E-state index is 12.1. The van der Waals surface area contributed by atoms with Gasteiger partial charge in [-0.1, -0.05) is 24.3 Å². The molecular weight excluding hydrogens is 318 g/mol. The Morgan fingerprint density at radius 2 is 1.92 bits per heavy atom. The third kappa shape index (κ3) is 4.07. The SMILES string of the molecule is Cc1ccccc1C(C)NC(=O)COc1ccc2ccc(=O)oc2c1. The molecule has 5 heteroatoms. The molecule has 0 aliphatic carbocycles. The normalized spacial score (nSPS) is 11.9. The Morgan fingerprint density at radius 1 is 1.16 bits per heavy atom. The lowest BCUT2D eigenvalue weighted by molar-refractivity contribution is -0.123. The Kier molecular flexibility index (Phi) is 4.84. The van der Waals surface area contributed by atoms with Gasteiger partial charge in [0.15, 0.2) is 6.61 Å². The van der Waals surface area contributed by atoms with Crippen LogP contribution in [0.3, 0.4) is 0 Å². The first-order chi connectivity index (χ1) is 12.0. The second kappa shape index (κ2) is 7.21. The van der Waals surface area contributed by atoms with Crippen LogP contribution in [0.15, 0.2) is 63.8 Å². The molecule has 0 spiro atoms. The number of carbonyl (C=O) groups is 1. The van der Waals surface area contributed by atoms with Crippen molar-refractivity contribution in [3.8, 4) is 5.75 Å². The number of hydrogen-bond donors (Lipinski definition) is 1. The van der Waals surface area contributed by atoms with Gasteiger partial charge in [-0.2, -0.15) is 0 Å². The fourth-order valence-corrected chi connectivity index (χ4v) is 2.71. The molecule has 0 bridgehead atoms. The monoisotopic (exact) mass is 337 g/mol. The molecule has 5 nitrogen and oxygen atoms in total. The summed E-state index contributed by atoms with van der Waals surface area (Å²) >= 11 is 0. The number of aryl methyl sites for hydroxylation is 1. The summed E-state index contributed by atoms with van der Waals surface area (Å²) in [6.45, 7) is 3.83. The zero-order valence-electron chi connectivity index (χ0n) is 14.1. The van der Waals surface area contributed by atoms with E-state index in [4.69, 9.17) is 9.15 Å². The molecule has 1 amide bonds. The zero-order valence-corrected chi connectivity index (χ0v) is 14.1. The van der Waals surface area contributed by atoms with E-state index in [2.05, 4.69) is 5.32 Å². The molecule has 1 N–H and O–H groups in total. The summed E-state index contributed by atoms with van der Waals surface area (Å²) in [4.78, 5) is 23.4. The van der Waals surface area contributed by atoms with Crippen molar-refractivity contribution in [2.75, 3.05) is 6.61 Å². The lowest BCUT2D eigenvalue weighted by Gasteiger charge is -2.16. The van der Waals surface area contributed by atoms with Crippen LogP contribution in [0.1, 0.15) is 24.1 Å². The first-order valence-corrected chi connectivity index (χ1v) is 8.04. The van der Waals surface area contributed by atoms with Crippen molar-refractivity contribution in [3.05, 3.63) is 76.1 Å². The number of fused-ring (bicyclic) bond motifs is 1. The summed E-state index contributed by atoms with van der Waals surface area (Å²) in [6.07, 6.45) is 0. The van der Waals surface area contributed by atoms with E-state index in [0.29, 0.717) is 11.3 Å². The van der Waals surface area contributed by atoms with Gasteiger partial charge in [-0.15, -0.1) is 0 Å². The minimum Gasteiger partial charge on any atom is -0.484 e. The third-order valence-electron chi connectivity index (χ3n) is 4.00. The van der Waals surface area contributed by atoms with Crippen molar-refractivity contribution in [3.63, 3.8) is 0 Å². The highest BCUT2D eigenvalue weighted by atomic mass is 16.5. The third-order valence-corrected chi connectivity index (χ3v) is 4.00. The Balaban J connectivity index is 1.62. The van der Waals surface area contributed by atoms with Crippen LogP contribution in [-0.4, -0.2) is 12.5 Å². The fourth-order valence-electron chi connectivity index (χ4n) is 2.71. The van der Waals surface area contributed by atoms with Gasteiger partial charge < -0.3 is 14.5 Å². The lowest BCUT2D eigenvalue weighted by atomic mass is 10.0. The molecule has 1 heterocycles. The highest BCUT2D eigenvalue weighted by molar-refractivity contribution is 5.79. The molecule has 3 rings (SSSR count).